The number of benzene rings is 1. The minimum Gasteiger partial charge on any atom is -0.468 e. The second kappa shape index (κ2) is 7.73. The number of hydrogen-bond acceptors (Lipinski definition) is 3. The van der Waals surface area contributed by atoms with E-state index in [1.54, 1.807) is 0 Å². The minimum atomic E-state index is -4.83. The number of halogens is 6. The van der Waals surface area contributed by atoms with Gasteiger partial charge in [0.1, 0.15) is 0 Å². The molecule has 1 atom stereocenters. The normalized spacial score (nSPS) is 17.0. The molecule has 30 heavy (non-hydrogen) atoms. The number of aryl methyl sites for hydroxylation is 1. The van der Waals surface area contributed by atoms with Crippen molar-refractivity contribution in [1.29, 1.82) is 0 Å². The molecule has 1 aromatic heterocycles. The summed E-state index contributed by atoms with van der Waals surface area (Å²) in [6, 6.07) is 2.73. The maximum atomic E-state index is 13.5. The summed E-state index contributed by atoms with van der Waals surface area (Å²) in [5.41, 5.74) is -1.98. The van der Waals surface area contributed by atoms with E-state index in [0.717, 1.165) is 24.1 Å². The summed E-state index contributed by atoms with van der Waals surface area (Å²) in [4.78, 5) is 16.0. The predicted octanol–water partition coefficient (Wildman–Crippen LogP) is 4.60. The van der Waals surface area contributed by atoms with Crippen LogP contribution < -0.4 is 4.74 Å². The van der Waals surface area contributed by atoms with Crippen LogP contribution in [0.15, 0.2) is 24.3 Å². The van der Waals surface area contributed by atoms with E-state index in [2.05, 4.69) is 4.98 Å². The van der Waals surface area contributed by atoms with Gasteiger partial charge in [-0.1, -0.05) is 12.1 Å². The molecule has 0 saturated carbocycles. The Morgan fingerprint density at radius 1 is 1.13 bits per heavy atom. The first-order valence-electron chi connectivity index (χ1n) is 8.80. The third-order valence-electron chi connectivity index (χ3n) is 4.91. The van der Waals surface area contributed by atoms with Gasteiger partial charge in [-0.05, 0) is 30.5 Å². The van der Waals surface area contributed by atoms with Crippen molar-refractivity contribution < 1.29 is 41.0 Å². The number of carbonyl (C=O) groups is 1. The Balaban J connectivity index is 1.94. The van der Waals surface area contributed by atoms with Crippen molar-refractivity contribution in [2.75, 3.05) is 13.7 Å². The molecule has 0 aliphatic carbocycles. The molecule has 1 amide bonds. The number of hydrogen-bond donors (Lipinski definition) is 1. The molecule has 164 valence electrons. The Bertz CT molecular complexity index is 921. The molecular weight excluding hydrogens is 420 g/mol. The maximum absolute atomic E-state index is 13.5. The fourth-order valence-corrected chi connectivity index (χ4v) is 3.56. The van der Waals surface area contributed by atoms with Crippen LogP contribution in [0.4, 0.5) is 31.1 Å². The first-order chi connectivity index (χ1) is 13.9. The van der Waals surface area contributed by atoms with Gasteiger partial charge in [-0.3, -0.25) is 9.47 Å². The molecule has 1 aromatic carbocycles. The second-order valence-corrected chi connectivity index (χ2v) is 6.71. The van der Waals surface area contributed by atoms with Gasteiger partial charge < -0.3 is 9.84 Å². The van der Waals surface area contributed by atoms with E-state index < -0.39 is 35.7 Å². The van der Waals surface area contributed by atoms with Gasteiger partial charge in [-0.2, -0.15) is 31.3 Å². The molecule has 0 saturated heterocycles. The summed E-state index contributed by atoms with van der Waals surface area (Å²) in [6.07, 6.45) is -10.7. The average Bonchev–Trinajstić information content (AvgIpc) is 3.05. The molecule has 1 aliphatic heterocycles. The van der Waals surface area contributed by atoms with Gasteiger partial charge >= 0.3 is 18.4 Å². The highest BCUT2D eigenvalue weighted by Crippen LogP contribution is 2.42. The van der Waals surface area contributed by atoms with E-state index in [1.807, 2.05) is 0 Å². The largest absolute Gasteiger partial charge is 0.468 e. The lowest BCUT2D eigenvalue weighted by atomic mass is 9.98. The van der Waals surface area contributed by atoms with Gasteiger partial charge in [-0.15, -0.1) is 0 Å². The minimum absolute atomic E-state index is 0.0648. The summed E-state index contributed by atoms with van der Waals surface area (Å²) < 4.78 is 84.8. The van der Waals surface area contributed by atoms with Crippen LogP contribution in [0.2, 0.25) is 0 Å². The van der Waals surface area contributed by atoms with E-state index in [-0.39, 0.29) is 37.6 Å². The molecule has 12 heteroatoms. The summed E-state index contributed by atoms with van der Waals surface area (Å²) in [7, 11) is 1.16. The van der Waals surface area contributed by atoms with Crippen LogP contribution >= 0.6 is 0 Å². The summed E-state index contributed by atoms with van der Waals surface area (Å²) in [5.74, 6) is 0. The highest BCUT2D eigenvalue weighted by molar-refractivity contribution is 5.66. The molecule has 0 radical (unpaired) electrons. The van der Waals surface area contributed by atoms with Crippen molar-refractivity contribution >= 4 is 6.09 Å². The zero-order valence-corrected chi connectivity index (χ0v) is 15.6. The SMILES string of the molecule is COc1nc(C(F)(F)F)c2n1CCN(C(=O)O)C2CCc1ccc(C(F)(F)F)cc1. The zero-order valence-electron chi connectivity index (χ0n) is 15.6. The van der Waals surface area contributed by atoms with Gasteiger partial charge in [0.05, 0.1) is 24.4 Å². The molecule has 2 heterocycles. The van der Waals surface area contributed by atoms with Crippen molar-refractivity contribution in [3.8, 4) is 6.01 Å². The van der Waals surface area contributed by atoms with Crippen molar-refractivity contribution in [1.82, 2.24) is 14.5 Å². The summed E-state index contributed by atoms with van der Waals surface area (Å²) in [6.45, 7) is -0.144. The smallest absolute Gasteiger partial charge is 0.435 e. The summed E-state index contributed by atoms with van der Waals surface area (Å²) >= 11 is 0. The van der Waals surface area contributed by atoms with E-state index in [0.29, 0.717) is 5.56 Å². The molecule has 0 fully saturated rings. The van der Waals surface area contributed by atoms with Crippen molar-refractivity contribution in [3.05, 3.63) is 46.8 Å². The second-order valence-electron chi connectivity index (χ2n) is 6.71. The number of nitrogens with zero attached hydrogens (tertiary/aromatic N) is 3. The summed E-state index contributed by atoms with van der Waals surface area (Å²) in [5, 5.41) is 9.47. The molecule has 6 nitrogen and oxygen atoms in total. The number of imidazole rings is 1. The third-order valence-corrected chi connectivity index (χ3v) is 4.91. The first kappa shape index (κ1) is 21.8. The van der Waals surface area contributed by atoms with Crippen LogP contribution in [0.3, 0.4) is 0 Å². The number of amides is 1. The number of ether oxygens (including phenoxy) is 1. The highest BCUT2D eigenvalue weighted by atomic mass is 19.4. The molecule has 3 rings (SSSR count). The lowest BCUT2D eigenvalue weighted by Crippen LogP contribution is -2.42. The third kappa shape index (κ3) is 4.17. The van der Waals surface area contributed by atoms with Gasteiger partial charge in [0, 0.05) is 13.1 Å². The lowest BCUT2D eigenvalue weighted by Gasteiger charge is -2.35. The number of alkyl halides is 6. The van der Waals surface area contributed by atoms with Crippen LogP contribution in [0.25, 0.3) is 0 Å². The van der Waals surface area contributed by atoms with Gasteiger partial charge in [0.2, 0.25) is 0 Å². The van der Waals surface area contributed by atoms with Crippen LogP contribution in [0.1, 0.15) is 35.0 Å². The topological polar surface area (TPSA) is 67.6 Å². The van der Waals surface area contributed by atoms with Gasteiger partial charge in [0.15, 0.2) is 5.69 Å². The fraction of sp³-hybridized carbons (Fsp3) is 0.444. The molecule has 1 unspecified atom stereocenters. The Kier molecular flexibility index (Phi) is 5.61. The number of aromatic nitrogens is 2. The number of carboxylic acid groups (broad SMARTS) is 1. The number of methoxy groups -OCH3 is 1. The molecule has 1 N–H and O–H groups in total. The Labute approximate surface area is 166 Å². The average molecular weight is 437 g/mol. The van der Waals surface area contributed by atoms with Crippen LogP contribution in [-0.4, -0.2) is 39.3 Å². The van der Waals surface area contributed by atoms with Crippen LogP contribution in [-0.2, 0) is 25.3 Å². The molecule has 0 spiro atoms. The molecular formula is C18H17F6N3O3. The van der Waals surface area contributed by atoms with Crippen LogP contribution in [0, 0.1) is 0 Å². The zero-order chi connectivity index (χ0) is 22.3. The molecule has 1 aliphatic rings. The van der Waals surface area contributed by atoms with E-state index in [9.17, 15) is 36.2 Å². The van der Waals surface area contributed by atoms with Crippen molar-refractivity contribution in [2.24, 2.45) is 0 Å². The quantitative estimate of drug-likeness (QED) is 0.711. The van der Waals surface area contributed by atoms with E-state index in [4.69, 9.17) is 4.74 Å². The Hall–Kier alpha value is -2.92. The van der Waals surface area contributed by atoms with E-state index in [1.165, 1.54) is 16.7 Å². The fourth-order valence-electron chi connectivity index (χ4n) is 3.56. The Morgan fingerprint density at radius 2 is 1.77 bits per heavy atom. The van der Waals surface area contributed by atoms with Crippen molar-refractivity contribution in [2.45, 2.75) is 37.8 Å². The van der Waals surface area contributed by atoms with E-state index >= 15 is 0 Å². The monoisotopic (exact) mass is 437 g/mol. The van der Waals surface area contributed by atoms with Crippen LogP contribution in [0.5, 0.6) is 6.01 Å². The Morgan fingerprint density at radius 3 is 2.27 bits per heavy atom. The lowest BCUT2D eigenvalue weighted by molar-refractivity contribution is -0.142. The highest BCUT2D eigenvalue weighted by Gasteiger charge is 2.45. The first-order valence-corrected chi connectivity index (χ1v) is 8.80. The molecule has 0 bridgehead atoms. The molecule has 2 aromatic rings. The predicted molar refractivity (Wildman–Crippen MR) is 91.0 cm³/mol. The van der Waals surface area contributed by atoms with Gasteiger partial charge in [-0.25, -0.2) is 4.79 Å². The van der Waals surface area contributed by atoms with Gasteiger partial charge in [0.25, 0.3) is 6.01 Å². The standard InChI is InChI=1S/C18H17F6N3O3/c1-30-15-25-14(18(22,23)24)13-12(26(16(28)29)8-9-27(13)15)7-4-10-2-5-11(6-3-10)17(19,20)21/h2-3,5-6,12H,4,7-9H2,1H3,(H,28,29). The van der Waals surface area contributed by atoms with Crippen molar-refractivity contribution in [3.63, 3.8) is 0 Å². The number of fused-ring (bicyclic) bond motifs is 1. The maximum Gasteiger partial charge on any atom is 0.435 e. The number of rotatable bonds is 4.